The normalized spacial score (nSPS) is 15.6. The summed E-state index contributed by atoms with van der Waals surface area (Å²) in [6, 6.07) is 7.01. The predicted molar refractivity (Wildman–Crippen MR) is 67.4 cm³/mol. The first kappa shape index (κ1) is 12.7. The Morgan fingerprint density at radius 2 is 2.33 bits per heavy atom. The van der Waals surface area contributed by atoms with Crippen molar-refractivity contribution in [3.8, 4) is 11.8 Å². The fourth-order valence-corrected chi connectivity index (χ4v) is 1.68. The second kappa shape index (κ2) is 5.28. The number of carbonyl (C=O) groups excluding carboxylic acids is 1. The van der Waals surface area contributed by atoms with Crippen LogP contribution in [0.3, 0.4) is 0 Å². The van der Waals surface area contributed by atoms with Crippen LogP contribution in [0.5, 0.6) is 5.75 Å². The fraction of sp³-hybridized carbons (Fsp3) is 0.385. The lowest BCUT2D eigenvalue weighted by Crippen LogP contribution is -2.37. The average molecular weight is 265 g/mol. The maximum absolute atomic E-state index is 11.7. The van der Waals surface area contributed by atoms with Crippen LogP contribution in [0.4, 0.5) is 0 Å². The van der Waals surface area contributed by atoms with E-state index in [1.165, 1.54) is 6.07 Å². The van der Waals surface area contributed by atoms with Crippen molar-refractivity contribution in [1.82, 2.24) is 5.32 Å². The maximum atomic E-state index is 11.7. The van der Waals surface area contributed by atoms with Crippen LogP contribution in [0.1, 0.15) is 25.3 Å². The van der Waals surface area contributed by atoms with E-state index in [0.29, 0.717) is 22.4 Å². The van der Waals surface area contributed by atoms with Crippen molar-refractivity contribution in [3.63, 3.8) is 0 Å². The number of hydrogen-bond acceptors (Lipinski definition) is 3. The van der Waals surface area contributed by atoms with Crippen molar-refractivity contribution in [2.24, 2.45) is 0 Å². The van der Waals surface area contributed by atoms with Gasteiger partial charge in [-0.3, -0.25) is 4.79 Å². The number of amides is 1. The number of ether oxygens (including phenoxy) is 1. The Kier molecular flexibility index (Phi) is 3.73. The molecule has 5 heteroatoms. The maximum Gasteiger partial charge on any atom is 0.260 e. The third-order valence-electron chi connectivity index (χ3n) is 2.66. The Morgan fingerprint density at radius 3 is 2.89 bits per heavy atom. The number of carbonyl (C=O) groups is 1. The van der Waals surface area contributed by atoms with Crippen molar-refractivity contribution < 1.29 is 9.53 Å². The van der Waals surface area contributed by atoms with E-state index in [4.69, 9.17) is 21.6 Å². The quantitative estimate of drug-likeness (QED) is 0.907. The summed E-state index contributed by atoms with van der Waals surface area (Å²) >= 11 is 5.97. The number of rotatable bonds is 4. The third kappa shape index (κ3) is 3.14. The van der Waals surface area contributed by atoms with Gasteiger partial charge in [0.05, 0.1) is 16.7 Å². The molecule has 2 rings (SSSR count). The van der Waals surface area contributed by atoms with Gasteiger partial charge in [0.25, 0.3) is 5.91 Å². The van der Waals surface area contributed by atoms with Gasteiger partial charge < -0.3 is 10.1 Å². The summed E-state index contributed by atoms with van der Waals surface area (Å²) in [5.74, 6) is 0.270. The van der Waals surface area contributed by atoms with Crippen molar-refractivity contribution >= 4 is 17.5 Å². The van der Waals surface area contributed by atoms with Crippen molar-refractivity contribution in [2.75, 3.05) is 0 Å². The molecule has 0 unspecified atom stereocenters. The van der Waals surface area contributed by atoms with Crippen molar-refractivity contribution in [1.29, 1.82) is 5.26 Å². The molecule has 0 heterocycles. The van der Waals surface area contributed by atoms with Gasteiger partial charge in [-0.2, -0.15) is 5.26 Å². The Morgan fingerprint density at radius 1 is 1.61 bits per heavy atom. The molecule has 18 heavy (non-hydrogen) atoms. The Balaban J connectivity index is 1.99. The number of halogens is 1. The molecule has 1 aliphatic rings. The highest BCUT2D eigenvalue weighted by atomic mass is 35.5. The molecule has 0 spiro atoms. The van der Waals surface area contributed by atoms with Crippen LogP contribution in [0, 0.1) is 11.3 Å². The standard InChI is InChI=1S/C13H13ClN2O2/c1-8(13(17)16-10-3-4-10)18-12-5-2-9(7-15)6-11(12)14/h2,5-6,8,10H,3-4H2,1H3,(H,16,17)/t8-/m0/s1. The molecular weight excluding hydrogens is 252 g/mol. The fourth-order valence-electron chi connectivity index (χ4n) is 1.46. The van der Waals surface area contributed by atoms with Crippen LogP contribution in [0.15, 0.2) is 18.2 Å². The van der Waals surface area contributed by atoms with E-state index in [1.54, 1.807) is 19.1 Å². The first-order valence-electron chi connectivity index (χ1n) is 5.77. The summed E-state index contributed by atoms with van der Waals surface area (Å²) in [6.45, 7) is 1.67. The van der Waals surface area contributed by atoms with Gasteiger partial charge >= 0.3 is 0 Å². The largest absolute Gasteiger partial charge is 0.479 e. The number of nitrogens with one attached hydrogen (secondary N) is 1. The van der Waals surface area contributed by atoms with Crippen LogP contribution in [-0.4, -0.2) is 18.1 Å². The summed E-state index contributed by atoms with van der Waals surface area (Å²) in [5, 5.41) is 11.9. The summed E-state index contributed by atoms with van der Waals surface area (Å²) in [4.78, 5) is 11.7. The van der Waals surface area contributed by atoms with Gasteiger partial charge in [-0.05, 0) is 38.0 Å². The molecule has 94 valence electrons. The molecule has 4 nitrogen and oxygen atoms in total. The van der Waals surface area contributed by atoms with Crippen molar-refractivity contribution in [2.45, 2.75) is 31.9 Å². The molecule has 0 bridgehead atoms. The minimum absolute atomic E-state index is 0.141. The number of nitrogens with zero attached hydrogens (tertiary/aromatic N) is 1. The molecule has 1 atom stereocenters. The van der Waals surface area contributed by atoms with Gasteiger partial charge in [0.15, 0.2) is 6.10 Å². The van der Waals surface area contributed by atoms with Crippen LogP contribution in [0.25, 0.3) is 0 Å². The highest BCUT2D eigenvalue weighted by molar-refractivity contribution is 6.32. The monoisotopic (exact) mass is 264 g/mol. The zero-order valence-electron chi connectivity index (χ0n) is 9.94. The van der Waals surface area contributed by atoms with Crippen LogP contribution >= 0.6 is 11.6 Å². The van der Waals surface area contributed by atoms with E-state index in [0.717, 1.165) is 12.8 Å². The van der Waals surface area contributed by atoms with Crippen molar-refractivity contribution in [3.05, 3.63) is 28.8 Å². The zero-order chi connectivity index (χ0) is 13.1. The summed E-state index contributed by atoms with van der Waals surface area (Å²) in [7, 11) is 0. The minimum atomic E-state index is -0.601. The van der Waals surface area contributed by atoms with E-state index >= 15 is 0 Å². The highest BCUT2D eigenvalue weighted by Crippen LogP contribution is 2.26. The van der Waals surface area contributed by atoms with Gasteiger partial charge in [-0.1, -0.05) is 11.6 Å². The van der Waals surface area contributed by atoms with E-state index in [2.05, 4.69) is 5.32 Å². The van der Waals surface area contributed by atoms with Crippen LogP contribution in [0.2, 0.25) is 5.02 Å². The average Bonchev–Trinajstić information content (AvgIpc) is 3.15. The highest BCUT2D eigenvalue weighted by Gasteiger charge is 2.26. The van der Waals surface area contributed by atoms with E-state index in [9.17, 15) is 4.79 Å². The SMILES string of the molecule is C[C@H](Oc1ccc(C#N)cc1Cl)C(=O)NC1CC1. The zero-order valence-corrected chi connectivity index (χ0v) is 10.7. The lowest BCUT2D eigenvalue weighted by molar-refractivity contribution is -0.127. The second-order valence-corrected chi connectivity index (χ2v) is 4.71. The van der Waals surface area contributed by atoms with Crippen LogP contribution in [-0.2, 0) is 4.79 Å². The minimum Gasteiger partial charge on any atom is -0.479 e. The number of hydrogen-bond donors (Lipinski definition) is 1. The van der Waals surface area contributed by atoms with E-state index < -0.39 is 6.10 Å². The molecular formula is C13H13ClN2O2. The predicted octanol–water partition coefficient (Wildman–Crippen LogP) is 2.26. The second-order valence-electron chi connectivity index (χ2n) is 4.30. The summed E-state index contributed by atoms with van der Waals surface area (Å²) in [5.41, 5.74) is 0.461. The lowest BCUT2D eigenvalue weighted by Gasteiger charge is -2.15. The van der Waals surface area contributed by atoms with Gasteiger partial charge in [0, 0.05) is 6.04 Å². The van der Waals surface area contributed by atoms with Gasteiger partial charge in [0.1, 0.15) is 5.75 Å². The Labute approximate surface area is 111 Å². The van der Waals surface area contributed by atoms with Gasteiger partial charge in [-0.25, -0.2) is 0 Å². The molecule has 0 saturated heterocycles. The molecule has 1 saturated carbocycles. The van der Waals surface area contributed by atoms with E-state index in [1.807, 2.05) is 6.07 Å². The molecule has 0 aliphatic heterocycles. The smallest absolute Gasteiger partial charge is 0.260 e. The molecule has 1 aromatic carbocycles. The molecule has 1 fully saturated rings. The molecule has 1 amide bonds. The molecule has 1 N–H and O–H groups in total. The molecule has 0 aromatic heterocycles. The number of nitriles is 1. The Hall–Kier alpha value is -1.73. The van der Waals surface area contributed by atoms with E-state index in [-0.39, 0.29) is 5.91 Å². The summed E-state index contributed by atoms with van der Waals surface area (Å²) < 4.78 is 5.48. The first-order chi connectivity index (χ1) is 8.60. The molecule has 0 radical (unpaired) electrons. The number of benzene rings is 1. The molecule has 1 aliphatic carbocycles. The third-order valence-corrected chi connectivity index (χ3v) is 2.95. The van der Waals surface area contributed by atoms with Gasteiger partial charge in [-0.15, -0.1) is 0 Å². The molecule has 1 aromatic rings. The first-order valence-corrected chi connectivity index (χ1v) is 6.14. The summed E-state index contributed by atoms with van der Waals surface area (Å²) in [6.07, 6.45) is 1.47. The van der Waals surface area contributed by atoms with Crippen LogP contribution < -0.4 is 10.1 Å². The topological polar surface area (TPSA) is 62.1 Å². The van der Waals surface area contributed by atoms with Gasteiger partial charge in [0.2, 0.25) is 0 Å². The Bertz CT molecular complexity index is 506. The lowest BCUT2D eigenvalue weighted by atomic mass is 10.2.